The SMILES string of the molecule is CC\C=C/C=C/C=C/C=C\C=C\C=C\CCCCCC(=O)OC(/C=C\CCCCCCCCCCC)C(COP(=O)([O-])OCC[N+](C)(C)C)NC(=O)CCCCCCCCC/C=C\C/C=C\C/C=C\C/C=C\C/C=C\CC. The largest absolute Gasteiger partial charge is 0.756 e. The Balaban J connectivity index is 5.33. The Hall–Kier alpha value is -4.11. The number of carbonyl (C=O) groups excluding carboxylic acids is 2. The van der Waals surface area contributed by atoms with E-state index in [0.717, 1.165) is 103 Å². The fourth-order valence-corrected chi connectivity index (χ4v) is 8.54. The lowest BCUT2D eigenvalue weighted by Crippen LogP contribution is -2.47. The van der Waals surface area contributed by atoms with E-state index in [1.165, 1.54) is 64.2 Å². The second-order valence-electron chi connectivity index (χ2n) is 20.9. The number of quaternary nitrogens is 1. The van der Waals surface area contributed by atoms with Crippen LogP contribution in [-0.4, -0.2) is 69.4 Å². The molecule has 0 aliphatic heterocycles. The number of hydrogen-bond donors (Lipinski definition) is 1. The summed E-state index contributed by atoms with van der Waals surface area (Å²) in [5.74, 6) is -0.619. The lowest BCUT2D eigenvalue weighted by Gasteiger charge is -2.30. The fraction of sp³-hybridized carbons (Fsp3) is 0.612. The summed E-state index contributed by atoms with van der Waals surface area (Å²) >= 11 is 0. The van der Waals surface area contributed by atoms with Crippen molar-refractivity contribution < 1.29 is 37.3 Å². The molecule has 0 bridgehead atoms. The van der Waals surface area contributed by atoms with Crippen molar-refractivity contribution in [3.8, 4) is 0 Å². The first-order valence-corrected chi connectivity index (χ1v) is 31.7. The molecule has 1 amide bonds. The molecule has 0 aliphatic carbocycles. The zero-order valence-electron chi connectivity index (χ0n) is 49.6. The molecule has 0 aromatic carbocycles. The van der Waals surface area contributed by atoms with Gasteiger partial charge in [0.1, 0.15) is 19.3 Å². The molecule has 0 heterocycles. The van der Waals surface area contributed by atoms with Gasteiger partial charge in [0, 0.05) is 12.8 Å². The molecule has 10 heteroatoms. The zero-order chi connectivity index (χ0) is 56.4. The summed E-state index contributed by atoms with van der Waals surface area (Å²) in [6.45, 7) is 6.51. The summed E-state index contributed by atoms with van der Waals surface area (Å²) in [6, 6.07) is -0.924. The minimum absolute atomic E-state index is 0.0414. The molecular weight excluding hydrogens is 976 g/mol. The lowest BCUT2D eigenvalue weighted by molar-refractivity contribution is -0.870. The van der Waals surface area contributed by atoms with Crippen LogP contribution in [0.3, 0.4) is 0 Å². The second kappa shape index (κ2) is 55.2. The number of hydrogen-bond acceptors (Lipinski definition) is 7. The van der Waals surface area contributed by atoms with Gasteiger partial charge in [-0.3, -0.25) is 14.2 Å². The van der Waals surface area contributed by atoms with Gasteiger partial charge in [-0.25, -0.2) is 0 Å². The van der Waals surface area contributed by atoms with Crippen molar-refractivity contribution in [2.75, 3.05) is 40.9 Å². The Bertz CT molecular complexity index is 1830. The molecule has 77 heavy (non-hydrogen) atoms. The van der Waals surface area contributed by atoms with Gasteiger partial charge in [-0.05, 0) is 96.0 Å². The number of phosphoric acid groups is 1. The van der Waals surface area contributed by atoms with Gasteiger partial charge in [0.2, 0.25) is 5.91 Å². The minimum atomic E-state index is -4.72. The molecule has 0 saturated heterocycles. The standard InChI is InChI=1S/C67H111N2O7P/c1-7-10-13-16-19-22-25-27-29-31-32-33-34-35-36-38-39-41-44-47-50-53-56-59-66(70)68-64(63-75-77(72,73)74-62-61-69(4,5)6)65(58-55-52-49-46-43-24-21-18-15-12-9-3)76-67(71)60-57-54-51-48-45-42-40-37-30-28-26-23-20-17-14-11-8-2/h10-11,13-14,17,19-20,22-23,26-30,32-33,35-37,40,42,45,55,58,64-65H,7-9,12,15-16,18,21,24-25,31,34,38-39,41,43-44,46-54,56-57,59-63H2,1-6H3,(H-,68,70,72,73)/b13-10-,14-11-,20-17+,22-19-,26-23+,29-27-,30-28-,33-32-,36-35-,40-37+,45-42+,58-55-. The van der Waals surface area contributed by atoms with Crippen LogP contribution >= 0.6 is 7.82 Å². The van der Waals surface area contributed by atoms with Crippen LogP contribution in [0.15, 0.2) is 146 Å². The molecule has 0 aromatic heterocycles. The fourth-order valence-electron chi connectivity index (χ4n) is 7.81. The number of carbonyl (C=O) groups is 2. The molecule has 0 aliphatic rings. The van der Waals surface area contributed by atoms with E-state index < -0.39 is 32.5 Å². The van der Waals surface area contributed by atoms with Gasteiger partial charge in [-0.15, -0.1) is 0 Å². The molecule has 1 N–H and O–H groups in total. The van der Waals surface area contributed by atoms with Crippen LogP contribution in [0, 0.1) is 0 Å². The predicted molar refractivity (Wildman–Crippen MR) is 329 cm³/mol. The zero-order valence-corrected chi connectivity index (χ0v) is 50.5. The molecule has 436 valence electrons. The molecule has 0 aromatic rings. The van der Waals surface area contributed by atoms with Crippen molar-refractivity contribution in [1.29, 1.82) is 0 Å². The Morgan fingerprint density at radius 3 is 1.42 bits per heavy atom. The summed E-state index contributed by atoms with van der Waals surface area (Å²) < 4.78 is 30.2. The van der Waals surface area contributed by atoms with Crippen LogP contribution in [-0.2, 0) is 27.9 Å². The molecule has 0 saturated carbocycles. The number of ether oxygens (including phenoxy) is 1. The number of phosphoric ester groups is 1. The highest BCUT2D eigenvalue weighted by molar-refractivity contribution is 7.45. The monoisotopic (exact) mass is 1090 g/mol. The van der Waals surface area contributed by atoms with Crippen LogP contribution in [0.4, 0.5) is 0 Å². The average Bonchev–Trinajstić information content (AvgIpc) is 3.39. The first-order chi connectivity index (χ1) is 37.4. The molecule has 0 spiro atoms. The van der Waals surface area contributed by atoms with Crippen molar-refractivity contribution in [3.05, 3.63) is 146 Å². The molecule has 9 nitrogen and oxygen atoms in total. The Kier molecular flexibility index (Phi) is 52.3. The number of rotatable bonds is 52. The smallest absolute Gasteiger partial charge is 0.306 e. The number of nitrogens with zero attached hydrogens (tertiary/aromatic N) is 1. The van der Waals surface area contributed by atoms with Gasteiger partial charge in [0.15, 0.2) is 0 Å². The normalized spacial score (nSPS) is 14.7. The third-order valence-electron chi connectivity index (χ3n) is 12.4. The van der Waals surface area contributed by atoms with Crippen LogP contribution in [0.1, 0.15) is 213 Å². The molecule has 3 unspecified atom stereocenters. The minimum Gasteiger partial charge on any atom is -0.756 e. The number of amides is 1. The van der Waals surface area contributed by atoms with Crippen molar-refractivity contribution in [2.24, 2.45) is 0 Å². The van der Waals surface area contributed by atoms with E-state index in [2.05, 4.69) is 99.0 Å². The van der Waals surface area contributed by atoms with Crippen molar-refractivity contribution in [1.82, 2.24) is 5.32 Å². The second-order valence-corrected chi connectivity index (χ2v) is 22.3. The van der Waals surface area contributed by atoms with E-state index in [-0.39, 0.29) is 25.4 Å². The van der Waals surface area contributed by atoms with E-state index in [1.54, 1.807) is 6.08 Å². The quantitative estimate of drug-likeness (QED) is 0.0161. The lowest BCUT2D eigenvalue weighted by atomic mass is 10.1. The van der Waals surface area contributed by atoms with Crippen LogP contribution in [0.2, 0.25) is 0 Å². The third-order valence-corrected chi connectivity index (χ3v) is 13.4. The predicted octanol–water partition coefficient (Wildman–Crippen LogP) is 18.0. The van der Waals surface area contributed by atoms with Crippen LogP contribution < -0.4 is 10.2 Å². The van der Waals surface area contributed by atoms with E-state index >= 15 is 0 Å². The Morgan fingerprint density at radius 2 is 0.896 bits per heavy atom. The summed E-state index contributed by atoms with van der Waals surface area (Å²) in [4.78, 5) is 39.9. The molecule has 0 fully saturated rings. The first kappa shape index (κ1) is 72.9. The summed E-state index contributed by atoms with van der Waals surface area (Å²) in [6.07, 6.45) is 79.6. The maximum Gasteiger partial charge on any atom is 0.306 e. The molecule has 0 radical (unpaired) electrons. The molecule has 0 rings (SSSR count). The van der Waals surface area contributed by atoms with Crippen molar-refractivity contribution >= 4 is 19.7 Å². The summed E-state index contributed by atoms with van der Waals surface area (Å²) in [7, 11) is 1.12. The van der Waals surface area contributed by atoms with E-state index in [0.29, 0.717) is 23.9 Å². The highest BCUT2D eigenvalue weighted by Crippen LogP contribution is 2.38. The van der Waals surface area contributed by atoms with E-state index in [9.17, 15) is 19.0 Å². The van der Waals surface area contributed by atoms with Crippen LogP contribution in [0.5, 0.6) is 0 Å². The van der Waals surface area contributed by atoms with Crippen molar-refractivity contribution in [3.63, 3.8) is 0 Å². The highest BCUT2D eigenvalue weighted by atomic mass is 31.2. The summed E-state index contributed by atoms with van der Waals surface area (Å²) in [5, 5.41) is 3.00. The van der Waals surface area contributed by atoms with Gasteiger partial charge >= 0.3 is 5.97 Å². The Labute approximate surface area is 472 Å². The Morgan fingerprint density at radius 1 is 0.481 bits per heavy atom. The maximum atomic E-state index is 13.5. The summed E-state index contributed by atoms with van der Waals surface area (Å²) in [5.41, 5.74) is 0. The average molecular weight is 1090 g/mol. The number of allylic oxidation sites excluding steroid dienone is 23. The van der Waals surface area contributed by atoms with Crippen molar-refractivity contribution in [2.45, 2.75) is 226 Å². The number of likely N-dealkylation sites (N-methyl/N-ethyl adjacent to an activating group) is 1. The number of nitrogens with one attached hydrogen (secondary N) is 1. The third kappa shape index (κ3) is 56.4. The number of unbranched alkanes of at least 4 members (excludes halogenated alkanes) is 19. The van der Waals surface area contributed by atoms with Gasteiger partial charge in [-0.2, -0.15) is 0 Å². The topological polar surface area (TPSA) is 114 Å². The van der Waals surface area contributed by atoms with Gasteiger partial charge in [0.05, 0.1) is 33.8 Å². The van der Waals surface area contributed by atoms with Gasteiger partial charge in [-0.1, -0.05) is 250 Å². The molecular formula is C67H111N2O7P. The maximum absolute atomic E-state index is 13.5. The van der Waals surface area contributed by atoms with Crippen LogP contribution in [0.25, 0.3) is 0 Å². The van der Waals surface area contributed by atoms with E-state index in [4.69, 9.17) is 13.8 Å². The number of esters is 1. The molecule has 3 atom stereocenters. The van der Waals surface area contributed by atoms with E-state index in [1.807, 2.05) is 88.0 Å². The van der Waals surface area contributed by atoms with Gasteiger partial charge in [0.25, 0.3) is 7.82 Å². The highest BCUT2D eigenvalue weighted by Gasteiger charge is 2.27. The van der Waals surface area contributed by atoms with Gasteiger partial charge < -0.3 is 28.5 Å². The first-order valence-electron chi connectivity index (χ1n) is 30.2.